The average molecular weight is 265 g/mol. The van der Waals surface area contributed by atoms with E-state index in [2.05, 4.69) is 18.4 Å². The van der Waals surface area contributed by atoms with Crippen LogP contribution in [-0.4, -0.2) is 53.2 Å². The fraction of sp³-hybridized carbons (Fsp3) is 0.583. The summed E-state index contributed by atoms with van der Waals surface area (Å²) in [7, 11) is 0. The van der Waals surface area contributed by atoms with Gasteiger partial charge >= 0.3 is 35.5 Å². The zero-order valence-electron chi connectivity index (χ0n) is 10.1. The average Bonchev–Trinajstić information content (AvgIpc) is 2.65. The van der Waals surface area contributed by atoms with E-state index in [1.54, 1.807) is 18.3 Å². The molecule has 1 heterocycles. The number of aryl methyl sites for hydroxylation is 1. The van der Waals surface area contributed by atoms with Crippen LogP contribution in [0, 0.1) is 6.92 Å². The van der Waals surface area contributed by atoms with Gasteiger partial charge < -0.3 is 10.0 Å². The number of aliphatic carboxylic acids is 1. The molecular weight excluding hydrogens is 245 g/mol. The number of thiophene rings is 1. The Bertz CT molecular complexity index is 354. The number of hydrogen-bond acceptors (Lipinski definition) is 3. The molecular formula is C12H20NNaO2S. The second-order valence-corrected chi connectivity index (χ2v) is 4.91. The van der Waals surface area contributed by atoms with Crippen LogP contribution < -0.4 is 4.90 Å². The van der Waals surface area contributed by atoms with Gasteiger partial charge in [0.05, 0.1) is 5.00 Å². The molecule has 0 aliphatic carbocycles. The van der Waals surface area contributed by atoms with Crippen LogP contribution in [-0.2, 0) is 4.79 Å². The van der Waals surface area contributed by atoms with Gasteiger partial charge in [-0.3, -0.25) is 0 Å². The predicted molar refractivity (Wildman–Crippen MR) is 75.6 cm³/mol. The molecule has 0 aromatic carbocycles. The zero-order valence-corrected chi connectivity index (χ0v) is 10.9. The number of carboxylic acids is 1. The third-order valence-corrected chi connectivity index (χ3v) is 3.66. The molecule has 1 N–H and O–H groups in total. The van der Waals surface area contributed by atoms with Gasteiger partial charge in [-0.15, -0.1) is 11.3 Å². The van der Waals surface area contributed by atoms with Gasteiger partial charge in [-0.2, -0.15) is 0 Å². The minimum absolute atomic E-state index is 0. The fourth-order valence-corrected chi connectivity index (χ4v) is 2.54. The van der Waals surface area contributed by atoms with Gasteiger partial charge in [0.1, 0.15) is 6.04 Å². The van der Waals surface area contributed by atoms with Gasteiger partial charge in [0.15, 0.2) is 0 Å². The molecule has 0 spiro atoms. The molecule has 3 nitrogen and oxygen atoms in total. The van der Waals surface area contributed by atoms with E-state index >= 15 is 0 Å². The molecule has 1 atom stereocenters. The molecule has 92 valence electrons. The van der Waals surface area contributed by atoms with Crippen molar-refractivity contribution in [2.45, 2.75) is 39.7 Å². The Kier molecular flexibility index (Phi) is 8.12. The standard InChI is InChI=1S/C12H19NO2S.Na.H/c1-4-5-6-13(10(3)12(14)15)11-7-9(2)8-16-11;;/h7-8,10H,4-6H2,1-3H3,(H,14,15);;. The van der Waals surface area contributed by atoms with Gasteiger partial charge in [0.2, 0.25) is 0 Å². The Morgan fingerprint density at radius 3 is 2.65 bits per heavy atom. The first-order chi connectivity index (χ1) is 7.56. The fourth-order valence-electron chi connectivity index (χ4n) is 1.52. The van der Waals surface area contributed by atoms with Crippen LogP contribution in [0.4, 0.5) is 5.00 Å². The number of carboxylic acid groups (broad SMARTS) is 1. The van der Waals surface area contributed by atoms with Gasteiger partial charge in [-0.1, -0.05) is 13.3 Å². The Morgan fingerprint density at radius 2 is 2.24 bits per heavy atom. The topological polar surface area (TPSA) is 40.5 Å². The summed E-state index contributed by atoms with van der Waals surface area (Å²) >= 11 is 1.62. The maximum absolute atomic E-state index is 11.0. The van der Waals surface area contributed by atoms with Gasteiger partial charge in [-0.25, -0.2) is 4.79 Å². The molecule has 0 bridgehead atoms. The number of nitrogens with zero attached hydrogens (tertiary/aromatic N) is 1. The van der Waals surface area contributed by atoms with Crippen molar-refractivity contribution in [3.05, 3.63) is 17.0 Å². The molecule has 1 rings (SSSR count). The molecule has 1 aromatic rings. The summed E-state index contributed by atoms with van der Waals surface area (Å²) in [6.45, 7) is 6.70. The summed E-state index contributed by atoms with van der Waals surface area (Å²) in [5.74, 6) is -0.762. The Morgan fingerprint density at radius 1 is 1.59 bits per heavy atom. The van der Waals surface area contributed by atoms with Crippen LogP contribution in [0.2, 0.25) is 0 Å². The van der Waals surface area contributed by atoms with E-state index in [1.807, 2.05) is 11.8 Å². The van der Waals surface area contributed by atoms with E-state index in [-0.39, 0.29) is 29.6 Å². The van der Waals surface area contributed by atoms with Gasteiger partial charge in [0.25, 0.3) is 0 Å². The van der Waals surface area contributed by atoms with Crippen molar-refractivity contribution in [3.63, 3.8) is 0 Å². The first-order valence-corrected chi connectivity index (χ1v) is 6.48. The SMILES string of the molecule is CCCCN(c1cc(C)cs1)C(C)C(=O)O.[NaH]. The van der Waals surface area contributed by atoms with Crippen LogP contribution in [0.15, 0.2) is 11.4 Å². The van der Waals surface area contributed by atoms with Crippen molar-refractivity contribution in [1.29, 1.82) is 0 Å². The van der Waals surface area contributed by atoms with Crippen molar-refractivity contribution in [3.8, 4) is 0 Å². The van der Waals surface area contributed by atoms with Crippen molar-refractivity contribution < 1.29 is 9.90 Å². The van der Waals surface area contributed by atoms with Crippen LogP contribution >= 0.6 is 11.3 Å². The van der Waals surface area contributed by atoms with Crippen LogP contribution in [0.25, 0.3) is 0 Å². The van der Waals surface area contributed by atoms with E-state index in [0.717, 1.165) is 24.4 Å². The van der Waals surface area contributed by atoms with Crippen molar-refractivity contribution in [1.82, 2.24) is 0 Å². The van der Waals surface area contributed by atoms with E-state index in [1.165, 1.54) is 5.56 Å². The Balaban J connectivity index is 0.00000256. The summed E-state index contributed by atoms with van der Waals surface area (Å²) < 4.78 is 0. The second kappa shape index (κ2) is 8.14. The number of hydrogen-bond donors (Lipinski definition) is 1. The van der Waals surface area contributed by atoms with E-state index < -0.39 is 12.0 Å². The number of unbranched alkanes of at least 4 members (excludes halogenated alkanes) is 1. The molecule has 5 heteroatoms. The third-order valence-electron chi connectivity index (χ3n) is 2.58. The minimum atomic E-state index is -0.762. The summed E-state index contributed by atoms with van der Waals surface area (Å²) in [6, 6.07) is 1.60. The predicted octanol–water partition coefficient (Wildman–Crippen LogP) is 2.49. The molecule has 17 heavy (non-hydrogen) atoms. The molecule has 0 fully saturated rings. The first-order valence-electron chi connectivity index (χ1n) is 5.60. The maximum atomic E-state index is 11.0. The van der Waals surface area contributed by atoms with Crippen molar-refractivity contribution in [2.24, 2.45) is 0 Å². The molecule has 0 amide bonds. The van der Waals surface area contributed by atoms with Crippen molar-refractivity contribution in [2.75, 3.05) is 11.4 Å². The van der Waals surface area contributed by atoms with E-state index in [4.69, 9.17) is 5.11 Å². The molecule has 0 radical (unpaired) electrons. The summed E-state index contributed by atoms with van der Waals surface area (Å²) in [6.07, 6.45) is 2.10. The van der Waals surface area contributed by atoms with Crippen LogP contribution in [0.5, 0.6) is 0 Å². The summed E-state index contributed by atoms with van der Waals surface area (Å²) in [5, 5.41) is 12.2. The van der Waals surface area contributed by atoms with E-state index in [9.17, 15) is 4.79 Å². The monoisotopic (exact) mass is 265 g/mol. The molecule has 0 aliphatic rings. The summed E-state index contributed by atoms with van der Waals surface area (Å²) in [4.78, 5) is 13.0. The number of rotatable bonds is 6. The number of anilines is 1. The van der Waals surface area contributed by atoms with Gasteiger partial charge in [-0.05, 0) is 37.3 Å². The molecule has 0 saturated carbocycles. The second-order valence-electron chi connectivity index (χ2n) is 4.02. The van der Waals surface area contributed by atoms with Crippen LogP contribution in [0.1, 0.15) is 32.3 Å². The van der Waals surface area contributed by atoms with E-state index in [0.29, 0.717) is 0 Å². The zero-order chi connectivity index (χ0) is 12.1. The first kappa shape index (κ1) is 17.0. The molecule has 0 aliphatic heterocycles. The van der Waals surface area contributed by atoms with Crippen molar-refractivity contribution >= 4 is 51.9 Å². The number of carbonyl (C=O) groups is 1. The van der Waals surface area contributed by atoms with Crippen LogP contribution in [0.3, 0.4) is 0 Å². The van der Waals surface area contributed by atoms with Gasteiger partial charge in [0, 0.05) is 6.54 Å². The third kappa shape index (κ3) is 5.00. The Hall–Kier alpha value is -0.0300. The molecule has 0 saturated heterocycles. The quantitative estimate of drug-likeness (QED) is 0.803. The molecule has 1 aromatic heterocycles. The Labute approximate surface area is 129 Å². The normalized spacial score (nSPS) is 11.7. The summed E-state index contributed by atoms with van der Waals surface area (Å²) in [5.41, 5.74) is 1.19. The molecule has 1 unspecified atom stereocenters.